The predicted molar refractivity (Wildman–Crippen MR) is 83.4 cm³/mol. The Morgan fingerprint density at radius 3 is 2.55 bits per heavy atom. The minimum absolute atomic E-state index is 0.150. The molecule has 2 aromatic carbocycles. The standard InChI is InChI=1S/C16H14ClFN2O2/c1-10(15(21)20-14-8-3-2-7-13(14)17)19-16(22)11-5-4-6-12(18)9-11/h2-10H,1H3,(H,19,22)(H,20,21)/t10-/m1/s1. The third-order valence-corrected chi connectivity index (χ3v) is 3.29. The molecule has 114 valence electrons. The third kappa shape index (κ3) is 4.05. The topological polar surface area (TPSA) is 58.2 Å². The van der Waals surface area contributed by atoms with Crippen molar-refractivity contribution in [2.75, 3.05) is 5.32 Å². The van der Waals surface area contributed by atoms with Crippen molar-refractivity contribution in [1.82, 2.24) is 5.32 Å². The van der Waals surface area contributed by atoms with Crippen molar-refractivity contribution < 1.29 is 14.0 Å². The largest absolute Gasteiger partial charge is 0.341 e. The zero-order valence-corrected chi connectivity index (χ0v) is 12.5. The molecule has 0 bridgehead atoms. The normalized spacial score (nSPS) is 11.6. The number of rotatable bonds is 4. The summed E-state index contributed by atoms with van der Waals surface area (Å²) in [5, 5.41) is 5.52. The summed E-state index contributed by atoms with van der Waals surface area (Å²) in [6.07, 6.45) is 0. The van der Waals surface area contributed by atoms with E-state index in [1.165, 1.54) is 25.1 Å². The number of amides is 2. The number of para-hydroxylation sites is 1. The summed E-state index contributed by atoms with van der Waals surface area (Å²) in [5.74, 6) is -1.46. The van der Waals surface area contributed by atoms with Gasteiger partial charge < -0.3 is 10.6 Å². The average Bonchev–Trinajstić information content (AvgIpc) is 2.49. The lowest BCUT2D eigenvalue weighted by Gasteiger charge is -2.15. The molecule has 0 heterocycles. The molecule has 0 aromatic heterocycles. The van der Waals surface area contributed by atoms with Crippen LogP contribution in [0.5, 0.6) is 0 Å². The Kier molecular flexibility index (Phi) is 5.12. The highest BCUT2D eigenvalue weighted by atomic mass is 35.5. The molecule has 1 atom stereocenters. The van der Waals surface area contributed by atoms with E-state index in [0.29, 0.717) is 10.7 Å². The quantitative estimate of drug-likeness (QED) is 0.908. The molecule has 22 heavy (non-hydrogen) atoms. The van der Waals surface area contributed by atoms with Gasteiger partial charge in [-0.2, -0.15) is 0 Å². The smallest absolute Gasteiger partial charge is 0.252 e. The van der Waals surface area contributed by atoms with E-state index in [1.807, 2.05) is 0 Å². The number of benzene rings is 2. The molecule has 0 aliphatic carbocycles. The van der Waals surface area contributed by atoms with Gasteiger partial charge in [0.25, 0.3) is 5.91 Å². The van der Waals surface area contributed by atoms with E-state index in [9.17, 15) is 14.0 Å². The molecule has 6 heteroatoms. The first kappa shape index (κ1) is 16.0. The van der Waals surface area contributed by atoms with E-state index in [1.54, 1.807) is 24.3 Å². The summed E-state index contributed by atoms with van der Waals surface area (Å²) in [7, 11) is 0. The summed E-state index contributed by atoms with van der Waals surface area (Å²) in [4.78, 5) is 24.0. The molecule has 0 spiro atoms. The number of anilines is 1. The van der Waals surface area contributed by atoms with Crippen LogP contribution in [0.25, 0.3) is 0 Å². The molecule has 0 radical (unpaired) electrons. The van der Waals surface area contributed by atoms with Crippen LogP contribution in [0.15, 0.2) is 48.5 Å². The minimum Gasteiger partial charge on any atom is -0.341 e. The van der Waals surface area contributed by atoms with Crippen molar-refractivity contribution >= 4 is 29.1 Å². The zero-order valence-electron chi connectivity index (χ0n) is 11.8. The van der Waals surface area contributed by atoms with Crippen LogP contribution in [0, 0.1) is 5.82 Å². The highest BCUT2D eigenvalue weighted by molar-refractivity contribution is 6.33. The summed E-state index contributed by atoms with van der Waals surface area (Å²) < 4.78 is 13.1. The predicted octanol–water partition coefficient (Wildman–Crippen LogP) is 3.24. The van der Waals surface area contributed by atoms with Crippen molar-refractivity contribution in [2.45, 2.75) is 13.0 Å². The van der Waals surface area contributed by atoms with Gasteiger partial charge in [0.1, 0.15) is 11.9 Å². The van der Waals surface area contributed by atoms with Crippen LogP contribution < -0.4 is 10.6 Å². The molecule has 0 fully saturated rings. The van der Waals surface area contributed by atoms with Crippen LogP contribution >= 0.6 is 11.6 Å². The lowest BCUT2D eigenvalue weighted by atomic mass is 10.2. The number of halogens is 2. The Hall–Kier alpha value is -2.40. The summed E-state index contributed by atoms with van der Waals surface area (Å²) in [6, 6.07) is 11.2. The van der Waals surface area contributed by atoms with E-state index in [-0.39, 0.29) is 5.56 Å². The van der Waals surface area contributed by atoms with Gasteiger partial charge >= 0.3 is 0 Å². The second kappa shape index (κ2) is 7.04. The van der Waals surface area contributed by atoms with E-state index in [4.69, 9.17) is 11.6 Å². The molecule has 2 N–H and O–H groups in total. The molecule has 0 unspecified atom stereocenters. The van der Waals surface area contributed by atoms with E-state index >= 15 is 0 Å². The molecule has 0 aliphatic heterocycles. The fourth-order valence-electron chi connectivity index (χ4n) is 1.78. The zero-order chi connectivity index (χ0) is 16.1. The molecule has 0 saturated heterocycles. The second-order valence-corrected chi connectivity index (χ2v) is 5.08. The fraction of sp³-hybridized carbons (Fsp3) is 0.125. The van der Waals surface area contributed by atoms with Crippen LogP contribution in [-0.2, 0) is 4.79 Å². The maximum atomic E-state index is 13.1. The van der Waals surface area contributed by atoms with Crippen LogP contribution in [-0.4, -0.2) is 17.9 Å². The maximum absolute atomic E-state index is 13.1. The Bertz CT molecular complexity index is 706. The first-order valence-electron chi connectivity index (χ1n) is 6.59. The molecule has 0 saturated carbocycles. The van der Waals surface area contributed by atoms with Crippen molar-refractivity contribution in [2.24, 2.45) is 0 Å². The maximum Gasteiger partial charge on any atom is 0.252 e. The third-order valence-electron chi connectivity index (χ3n) is 2.96. The van der Waals surface area contributed by atoms with Gasteiger partial charge in [0.2, 0.25) is 5.91 Å². The van der Waals surface area contributed by atoms with Crippen LogP contribution in [0.4, 0.5) is 10.1 Å². The van der Waals surface area contributed by atoms with E-state index < -0.39 is 23.7 Å². The van der Waals surface area contributed by atoms with Crippen LogP contribution in [0.1, 0.15) is 17.3 Å². The fourth-order valence-corrected chi connectivity index (χ4v) is 1.96. The first-order valence-corrected chi connectivity index (χ1v) is 6.97. The molecule has 2 aromatic rings. The van der Waals surface area contributed by atoms with E-state index in [0.717, 1.165) is 6.07 Å². The SMILES string of the molecule is C[C@@H](NC(=O)c1cccc(F)c1)C(=O)Nc1ccccc1Cl. The highest BCUT2D eigenvalue weighted by Gasteiger charge is 2.17. The number of carbonyl (C=O) groups excluding carboxylic acids is 2. The Balaban J connectivity index is 1.99. The molecule has 2 rings (SSSR count). The van der Waals surface area contributed by atoms with Crippen molar-refractivity contribution in [3.05, 3.63) is 64.9 Å². The van der Waals surface area contributed by atoms with Gasteiger partial charge in [-0.3, -0.25) is 9.59 Å². The van der Waals surface area contributed by atoms with Crippen LogP contribution in [0.3, 0.4) is 0 Å². The van der Waals surface area contributed by atoms with Crippen LogP contribution in [0.2, 0.25) is 5.02 Å². The van der Waals surface area contributed by atoms with Crippen molar-refractivity contribution in [3.8, 4) is 0 Å². The van der Waals surface area contributed by atoms with Crippen molar-refractivity contribution in [1.29, 1.82) is 0 Å². The van der Waals surface area contributed by atoms with Gasteiger partial charge in [-0.05, 0) is 37.3 Å². The molecule has 0 aliphatic rings. The second-order valence-electron chi connectivity index (χ2n) is 4.67. The lowest BCUT2D eigenvalue weighted by Crippen LogP contribution is -2.41. The summed E-state index contributed by atoms with van der Waals surface area (Å²) >= 11 is 5.95. The summed E-state index contributed by atoms with van der Waals surface area (Å²) in [5.41, 5.74) is 0.610. The van der Waals surface area contributed by atoms with Crippen molar-refractivity contribution in [3.63, 3.8) is 0 Å². The Morgan fingerprint density at radius 1 is 1.14 bits per heavy atom. The Labute approximate surface area is 132 Å². The lowest BCUT2D eigenvalue weighted by molar-refractivity contribution is -0.117. The van der Waals surface area contributed by atoms with Gasteiger partial charge in [0.05, 0.1) is 10.7 Å². The molecule has 4 nitrogen and oxygen atoms in total. The highest BCUT2D eigenvalue weighted by Crippen LogP contribution is 2.20. The van der Waals surface area contributed by atoms with Gasteiger partial charge in [0, 0.05) is 5.56 Å². The number of nitrogens with one attached hydrogen (secondary N) is 2. The summed E-state index contributed by atoms with van der Waals surface area (Å²) in [6.45, 7) is 1.53. The Morgan fingerprint density at radius 2 is 1.86 bits per heavy atom. The van der Waals surface area contributed by atoms with Gasteiger partial charge in [0.15, 0.2) is 0 Å². The number of carbonyl (C=O) groups is 2. The first-order chi connectivity index (χ1) is 10.5. The monoisotopic (exact) mass is 320 g/mol. The molecule has 2 amide bonds. The number of hydrogen-bond acceptors (Lipinski definition) is 2. The van der Waals surface area contributed by atoms with Gasteiger partial charge in [-0.25, -0.2) is 4.39 Å². The molecular weight excluding hydrogens is 307 g/mol. The van der Waals surface area contributed by atoms with E-state index in [2.05, 4.69) is 10.6 Å². The van der Waals surface area contributed by atoms with Gasteiger partial charge in [-0.1, -0.05) is 29.8 Å². The minimum atomic E-state index is -0.799. The molecular formula is C16H14ClFN2O2. The van der Waals surface area contributed by atoms with Gasteiger partial charge in [-0.15, -0.1) is 0 Å². The average molecular weight is 321 g/mol. The number of hydrogen-bond donors (Lipinski definition) is 2.